The molecular weight excluding hydrogens is 1170 g/mol. The summed E-state index contributed by atoms with van der Waals surface area (Å²) >= 11 is 0. The first-order valence-corrected chi connectivity index (χ1v) is 27.8. The first-order valence-electron chi connectivity index (χ1n) is 27.8. The molecule has 18 nitrogen and oxygen atoms in total. The van der Waals surface area contributed by atoms with Crippen LogP contribution in [0.3, 0.4) is 0 Å². The number of carboxylic acid groups (broad SMARTS) is 2. The summed E-state index contributed by atoms with van der Waals surface area (Å²) in [6, 6.07) is 44.6. The number of para-hydroxylation sites is 4. The van der Waals surface area contributed by atoms with Crippen molar-refractivity contribution in [2.75, 3.05) is 80.8 Å². The van der Waals surface area contributed by atoms with Crippen LogP contribution in [0, 0.1) is 0 Å². The van der Waals surface area contributed by atoms with Gasteiger partial charge in [-0.3, -0.25) is 9.59 Å². The van der Waals surface area contributed by atoms with Gasteiger partial charge in [-0.15, -0.1) is 0 Å². The van der Waals surface area contributed by atoms with Crippen LogP contribution in [-0.2, 0) is 38.1 Å². The van der Waals surface area contributed by atoms with Crippen molar-refractivity contribution in [3.63, 3.8) is 0 Å². The number of aliphatic carboxylic acids is 2. The lowest BCUT2D eigenvalue weighted by molar-refractivity contribution is -0.899. The molecule has 4 aliphatic rings. The Labute approximate surface area is 502 Å². The van der Waals surface area contributed by atoms with Crippen LogP contribution in [0.2, 0.25) is 0 Å². The number of carboxylic acids is 2. The second kappa shape index (κ2) is 29.5. The molecule has 4 heterocycles. The Balaban J connectivity index is 0.000000206. The number of hydrogen-bond acceptors (Lipinski definition) is 16. The fourth-order valence-electron chi connectivity index (χ4n) is 10.5. The lowest BCUT2D eigenvalue weighted by Crippen LogP contribution is -2.44. The van der Waals surface area contributed by atoms with Gasteiger partial charge in [-0.2, -0.15) is 26.3 Å². The van der Waals surface area contributed by atoms with Crippen LogP contribution in [0.1, 0.15) is 80.5 Å². The van der Waals surface area contributed by atoms with Gasteiger partial charge in [-0.1, -0.05) is 72.8 Å². The molecule has 0 aromatic heterocycles. The lowest BCUT2D eigenvalue weighted by atomic mass is 9.88. The van der Waals surface area contributed by atoms with E-state index in [4.69, 9.17) is 57.7 Å². The number of likely N-dealkylation sites (tertiary alicyclic amines) is 2. The number of hydrogen-bond donors (Lipinski definition) is 0. The number of halogens is 6. The number of carbonyl (C=O) groups is 6. The zero-order valence-corrected chi connectivity index (χ0v) is 48.3. The molecule has 4 unspecified atom stereocenters. The van der Waals surface area contributed by atoms with E-state index >= 15 is 0 Å². The highest BCUT2D eigenvalue weighted by molar-refractivity contribution is 5.90. The maximum atomic E-state index is 13.5. The second-order valence-corrected chi connectivity index (χ2v) is 21.4. The summed E-state index contributed by atoms with van der Waals surface area (Å²) < 4.78 is 110. The van der Waals surface area contributed by atoms with E-state index in [-0.39, 0.29) is 36.1 Å². The van der Waals surface area contributed by atoms with Crippen LogP contribution in [0.25, 0.3) is 0 Å². The fourth-order valence-corrected chi connectivity index (χ4v) is 10.5. The van der Waals surface area contributed by atoms with E-state index in [1.54, 1.807) is 48.5 Å². The fraction of sp³-hybridized carbons (Fsp3) is 0.344. The molecule has 6 aromatic carbocycles. The van der Waals surface area contributed by atoms with Crippen molar-refractivity contribution in [2.45, 2.75) is 62.1 Å². The Morgan fingerprint density at radius 1 is 0.477 bits per heavy atom. The molecule has 2 saturated heterocycles. The Morgan fingerprint density at radius 2 is 0.761 bits per heavy atom. The predicted octanol–water partition coefficient (Wildman–Crippen LogP) is 8.48. The number of methoxy groups -OCH3 is 2. The van der Waals surface area contributed by atoms with Gasteiger partial charge in [0.2, 0.25) is 0 Å². The van der Waals surface area contributed by atoms with E-state index in [2.05, 4.69) is 14.1 Å². The first kappa shape index (κ1) is 66.4. The highest BCUT2D eigenvalue weighted by Gasteiger charge is 2.42. The minimum absolute atomic E-state index is 0.119. The number of esters is 4. The second-order valence-electron chi connectivity index (χ2n) is 21.4. The van der Waals surface area contributed by atoms with Gasteiger partial charge in [0.1, 0.15) is 71.4 Å². The number of fused-ring (bicyclic) bond motifs is 4. The van der Waals surface area contributed by atoms with Gasteiger partial charge in [0.15, 0.2) is 12.2 Å². The van der Waals surface area contributed by atoms with Gasteiger partial charge in [0.05, 0.1) is 78.8 Å². The molecule has 6 aromatic rings. The van der Waals surface area contributed by atoms with Crippen LogP contribution in [-0.4, -0.2) is 150 Å². The van der Waals surface area contributed by atoms with Gasteiger partial charge in [-0.05, 0) is 72.8 Å². The average molecular weight is 1230 g/mol. The SMILES string of the molecule is COC(=O)c1ccc(OCCC[N+]2(C)CCC(OC(=O)C3c4ccccc4Oc4ccccc43)C2)cc1.COC(=O)c1ccc(OCCC[N+]2(C)CCC(OC(=O)C3c4ccccc4Oc4ccccc43)C2)cc1.O=C([O-])C(F)(F)F.O=C([O-])C(F)(F)F. The number of quaternary nitrogens is 2. The third-order valence-corrected chi connectivity index (χ3v) is 14.9. The topological polar surface area (TPSA) is 222 Å². The summed E-state index contributed by atoms with van der Waals surface area (Å²) in [6.07, 6.45) is -7.21. The van der Waals surface area contributed by atoms with Crippen molar-refractivity contribution in [3.8, 4) is 34.5 Å². The average Bonchev–Trinajstić information content (AvgIpc) is 3.78. The number of benzene rings is 6. The highest BCUT2D eigenvalue weighted by atomic mass is 19.4. The Bertz CT molecular complexity index is 3090. The lowest BCUT2D eigenvalue weighted by Gasteiger charge is -2.30. The third-order valence-electron chi connectivity index (χ3n) is 14.9. The molecule has 10 rings (SSSR count). The van der Waals surface area contributed by atoms with Crippen LogP contribution >= 0.6 is 0 Å². The van der Waals surface area contributed by atoms with Crippen molar-refractivity contribution in [1.29, 1.82) is 0 Å². The number of alkyl halides is 6. The van der Waals surface area contributed by atoms with Crippen LogP contribution in [0.4, 0.5) is 26.3 Å². The largest absolute Gasteiger partial charge is 0.542 e. The summed E-state index contributed by atoms with van der Waals surface area (Å²) in [5.41, 5.74) is 4.38. The van der Waals surface area contributed by atoms with E-state index in [0.29, 0.717) is 47.3 Å². The first-order chi connectivity index (χ1) is 41.8. The summed E-state index contributed by atoms with van der Waals surface area (Å²) in [5, 5.41) is 17.6. The molecule has 2 fully saturated rings. The van der Waals surface area contributed by atoms with Crippen LogP contribution < -0.4 is 29.2 Å². The Morgan fingerprint density at radius 3 is 1.03 bits per heavy atom. The van der Waals surface area contributed by atoms with Crippen molar-refractivity contribution in [2.24, 2.45) is 0 Å². The molecule has 0 aliphatic carbocycles. The zero-order chi connectivity index (χ0) is 63.8. The number of nitrogens with zero attached hydrogens (tertiary/aromatic N) is 2. The van der Waals surface area contributed by atoms with E-state index in [1.807, 2.05) is 97.1 Å². The molecular formula is C64H64F6N2O16. The molecule has 4 atom stereocenters. The maximum Gasteiger partial charge on any atom is 0.430 e. The van der Waals surface area contributed by atoms with Crippen molar-refractivity contribution in [3.05, 3.63) is 179 Å². The monoisotopic (exact) mass is 1230 g/mol. The summed E-state index contributed by atoms with van der Waals surface area (Å²) in [6.45, 7) is 6.48. The molecule has 0 bridgehead atoms. The van der Waals surface area contributed by atoms with Gasteiger partial charge in [0, 0.05) is 47.9 Å². The Kier molecular flexibility index (Phi) is 22.2. The maximum absolute atomic E-state index is 13.5. The minimum atomic E-state index is -5.19. The quantitative estimate of drug-likeness (QED) is 0.0291. The van der Waals surface area contributed by atoms with Gasteiger partial charge in [0.25, 0.3) is 0 Å². The molecule has 88 heavy (non-hydrogen) atoms. The van der Waals surface area contributed by atoms with E-state index in [0.717, 1.165) is 108 Å². The molecule has 0 spiro atoms. The number of ether oxygens (including phenoxy) is 8. The van der Waals surface area contributed by atoms with E-state index in [1.165, 1.54) is 14.2 Å². The van der Waals surface area contributed by atoms with Gasteiger partial charge in [-0.25, -0.2) is 9.59 Å². The molecule has 4 aliphatic heterocycles. The van der Waals surface area contributed by atoms with Crippen molar-refractivity contribution >= 4 is 35.8 Å². The summed E-state index contributed by atoms with van der Waals surface area (Å²) in [7, 11) is 7.14. The van der Waals surface area contributed by atoms with Gasteiger partial charge >= 0.3 is 36.2 Å². The summed E-state index contributed by atoms with van der Waals surface area (Å²) in [5.74, 6) is -3.90. The zero-order valence-electron chi connectivity index (χ0n) is 48.3. The number of rotatable bonds is 16. The van der Waals surface area contributed by atoms with E-state index < -0.39 is 36.1 Å². The van der Waals surface area contributed by atoms with E-state index in [9.17, 15) is 45.5 Å². The smallest absolute Gasteiger partial charge is 0.430 e. The molecule has 0 saturated carbocycles. The highest BCUT2D eigenvalue weighted by Crippen LogP contribution is 2.46. The van der Waals surface area contributed by atoms with Crippen LogP contribution in [0.15, 0.2) is 146 Å². The normalized spacial score (nSPS) is 18.9. The third kappa shape index (κ3) is 18.0. The Hall–Kier alpha value is -9.16. The summed E-state index contributed by atoms with van der Waals surface area (Å²) in [4.78, 5) is 67.6. The van der Waals surface area contributed by atoms with Crippen molar-refractivity contribution in [1.82, 2.24) is 0 Å². The molecule has 468 valence electrons. The predicted molar refractivity (Wildman–Crippen MR) is 298 cm³/mol. The van der Waals surface area contributed by atoms with Crippen LogP contribution in [0.5, 0.6) is 34.5 Å². The number of carbonyl (C=O) groups excluding carboxylic acids is 6. The number of likely N-dealkylation sites (N-methyl/N-ethyl adjacent to an activating group) is 2. The molecule has 24 heteroatoms. The molecule has 0 radical (unpaired) electrons. The minimum Gasteiger partial charge on any atom is -0.542 e. The standard InChI is InChI=1S/2C30H32NO6.2C2HF3O2/c2*1-31(17-7-19-35-22-14-12-21(13-15-22)29(32)34-2)18-16-23(20-31)36-30(33)28-24-8-3-5-10-26(24)37-27-11-6-4-9-25(27)28;2*3-2(4,5)1(6)7/h2*3-6,8-15,23,28H,7,16-20H2,1-2H3;2*(H,6,7)/q2*+1;;/p-2. The molecule has 0 N–H and O–H groups in total. The van der Waals surface area contributed by atoms with Gasteiger partial charge < -0.3 is 66.7 Å². The van der Waals surface area contributed by atoms with Crippen molar-refractivity contribution < 1.29 is 112 Å². The molecule has 0 amide bonds.